The molecule has 2 aromatic rings. The second-order valence-corrected chi connectivity index (χ2v) is 6.88. The first kappa shape index (κ1) is 20.3. The van der Waals surface area contributed by atoms with E-state index >= 15 is 0 Å². The molecule has 7 nitrogen and oxygen atoms in total. The SMILES string of the molecule is COc1ccc(OC)c(C2NC(=O)NC(C)=C2C(=O)Nc2cccc(C)c2C)c1. The molecule has 3 N–H and O–H groups in total. The monoisotopic (exact) mass is 395 g/mol. The van der Waals surface area contributed by atoms with Gasteiger partial charge in [-0.05, 0) is 56.2 Å². The Morgan fingerprint density at radius 3 is 2.52 bits per heavy atom. The number of benzene rings is 2. The Hall–Kier alpha value is -3.48. The van der Waals surface area contributed by atoms with Crippen molar-refractivity contribution in [3.63, 3.8) is 0 Å². The summed E-state index contributed by atoms with van der Waals surface area (Å²) in [6.45, 7) is 5.65. The van der Waals surface area contributed by atoms with E-state index in [-0.39, 0.29) is 11.9 Å². The van der Waals surface area contributed by atoms with Crippen molar-refractivity contribution in [2.75, 3.05) is 19.5 Å². The average Bonchev–Trinajstić information content (AvgIpc) is 2.70. The average molecular weight is 395 g/mol. The lowest BCUT2D eigenvalue weighted by Crippen LogP contribution is -2.46. The van der Waals surface area contributed by atoms with E-state index in [0.29, 0.717) is 28.3 Å². The van der Waals surface area contributed by atoms with Gasteiger partial charge in [-0.15, -0.1) is 0 Å². The van der Waals surface area contributed by atoms with E-state index < -0.39 is 6.04 Å². The van der Waals surface area contributed by atoms with Crippen molar-refractivity contribution in [1.82, 2.24) is 10.6 Å². The quantitative estimate of drug-likeness (QED) is 0.722. The van der Waals surface area contributed by atoms with Crippen molar-refractivity contribution in [2.45, 2.75) is 26.8 Å². The molecule has 3 rings (SSSR count). The smallest absolute Gasteiger partial charge is 0.319 e. The van der Waals surface area contributed by atoms with Crippen LogP contribution >= 0.6 is 0 Å². The van der Waals surface area contributed by atoms with Crippen LogP contribution in [0.3, 0.4) is 0 Å². The van der Waals surface area contributed by atoms with Crippen LogP contribution in [0.1, 0.15) is 29.7 Å². The minimum Gasteiger partial charge on any atom is -0.497 e. The Morgan fingerprint density at radius 2 is 1.83 bits per heavy atom. The molecule has 7 heteroatoms. The van der Waals surface area contributed by atoms with E-state index in [9.17, 15) is 9.59 Å². The highest BCUT2D eigenvalue weighted by atomic mass is 16.5. The van der Waals surface area contributed by atoms with Gasteiger partial charge in [0.2, 0.25) is 0 Å². The molecule has 0 saturated heterocycles. The summed E-state index contributed by atoms with van der Waals surface area (Å²) in [6.07, 6.45) is 0. The van der Waals surface area contributed by atoms with Crippen LogP contribution in [-0.2, 0) is 4.79 Å². The van der Waals surface area contributed by atoms with Gasteiger partial charge in [0, 0.05) is 16.9 Å². The van der Waals surface area contributed by atoms with E-state index in [4.69, 9.17) is 9.47 Å². The van der Waals surface area contributed by atoms with Gasteiger partial charge < -0.3 is 25.4 Å². The van der Waals surface area contributed by atoms with Crippen LogP contribution in [0.25, 0.3) is 0 Å². The zero-order chi connectivity index (χ0) is 21.1. The fourth-order valence-electron chi connectivity index (χ4n) is 3.37. The number of hydrogen-bond acceptors (Lipinski definition) is 4. The minimum absolute atomic E-state index is 0.307. The van der Waals surface area contributed by atoms with Gasteiger partial charge in [-0.25, -0.2) is 4.79 Å². The standard InChI is InChI=1S/C22H25N3O4/c1-12-7-6-8-17(13(12)2)24-21(26)19-14(3)23-22(27)25-20(19)16-11-15(28-4)9-10-18(16)29-5/h6-11,20H,1-5H3,(H,24,26)(H2,23,25,27). The Kier molecular flexibility index (Phi) is 5.77. The Morgan fingerprint density at radius 1 is 1.07 bits per heavy atom. The summed E-state index contributed by atoms with van der Waals surface area (Å²) in [5, 5.41) is 8.48. The first-order chi connectivity index (χ1) is 13.8. The van der Waals surface area contributed by atoms with Gasteiger partial charge in [0.25, 0.3) is 5.91 Å². The molecule has 1 atom stereocenters. The van der Waals surface area contributed by atoms with Gasteiger partial charge in [0.05, 0.1) is 25.8 Å². The van der Waals surface area contributed by atoms with Crippen LogP contribution in [0.15, 0.2) is 47.7 Å². The number of aryl methyl sites for hydroxylation is 1. The number of allylic oxidation sites excluding steroid dienone is 1. The Bertz CT molecular complexity index is 998. The third-order valence-corrected chi connectivity index (χ3v) is 5.11. The zero-order valence-electron chi connectivity index (χ0n) is 17.2. The van der Waals surface area contributed by atoms with E-state index in [1.165, 1.54) is 0 Å². The second kappa shape index (κ2) is 8.26. The van der Waals surface area contributed by atoms with Crippen LogP contribution in [0, 0.1) is 13.8 Å². The predicted molar refractivity (Wildman–Crippen MR) is 111 cm³/mol. The molecule has 0 fully saturated rings. The highest BCUT2D eigenvalue weighted by Gasteiger charge is 2.33. The van der Waals surface area contributed by atoms with Crippen molar-refractivity contribution >= 4 is 17.6 Å². The van der Waals surface area contributed by atoms with E-state index in [0.717, 1.165) is 16.8 Å². The number of amides is 3. The summed E-state index contributed by atoms with van der Waals surface area (Å²) in [6, 6.07) is 9.92. The number of ether oxygens (including phenoxy) is 2. The van der Waals surface area contributed by atoms with Crippen molar-refractivity contribution < 1.29 is 19.1 Å². The fourth-order valence-corrected chi connectivity index (χ4v) is 3.37. The maximum Gasteiger partial charge on any atom is 0.319 e. The molecular formula is C22H25N3O4. The number of carbonyl (C=O) groups excluding carboxylic acids is 2. The molecule has 0 radical (unpaired) electrons. The number of nitrogens with one attached hydrogen (secondary N) is 3. The topological polar surface area (TPSA) is 88.7 Å². The molecule has 1 aliphatic rings. The highest BCUT2D eigenvalue weighted by molar-refractivity contribution is 6.07. The molecule has 0 aromatic heterocycles. The van der Waals surface area contributed by atoms with Crippen LogP contribution in [0.5, 0.6) is 11.5 Å². The number of hydrogen-bond donors (Lipinski definition) is 3. The van der Waals surface area contributed by atoms with E-state index in [1.54, 1.807) is 39.3 Å². The largest absolute Gasteiger partial charge is 0.497 e. The van der Waals surface area contributed by atoms with Crippen LogP contribution in [-0.4, -0.2) is 26.2 Å². The lowest BCUT2D eigenvalue weighted by molar-refractivity contribution is -0.113. The van der Waals surface area contributed by atoms with Gasteiger partial charge in [-0.2, -0.15) is 0 Å². The van der Waals surface area contributed by atoms with E-state index in [1.807, 2.05) is 32.0 Å². The van der Waals surface area contributed by atoms with Gasteiger partial charge >= 0.3 is 6.03 Å². The second-order valence-electron chi connectivity index (χ2n) is 6.88. The summed E-state index contributed by atoms with van der Waals surface area (Å²) in [4.78, 5) is 25.4. The summed E-state index contributed by atoms with van der Waals surface area (Å²) in [7, 11) is 3.10. The third kappa shape index (κ3) is 4.03. The van der Waals surface area contributed by atoms with E-state index in [2.05, 4.69) is 16.0 Å². The predicted octanol–water partition coefficient (Wildman–Crippen LogP) is 3.59. The maximum absolute atomic E-state index is 13.3. The van der Waals surface area contributed by atoms with Gasteiger partial charge in [0.1, 0.15) is 11.5 Å². The molecular weight excluding hydrogens is 370 g/mol. The summed E-state index contributed by atoms with van der Waals surface area (Å²) in [5.74, 6) is 0.835. The molecule has 0 bridgehead atoms. The van der Waals surface area contributed by atoms with Crippen molar-refractivity contribution in [3.8, 4) is 11.5 Å². The summed E-state index contributed by atoms with van der Waals surface area (Å²) >= 11 is 0. The minimum atomic E-state index is -0.695. The van der Waals surface area contributed by atoms with Crippen molar-refractivity contribution in [3.05, 3.63) is 64.4 Å². The Labute approximate surface area is 170 Å². The summed E-state index contributed by atoms with van der Waals surface area (Å²) < 4.78 is 10.8. The van der Waals surface area contributed by atoms with Crippen molar-refractivity contribution in [1.29, 1.82) is 0 Å². The first-order valence-corrected chi connectivity index (χ1v) is 9.23. The van der Waals surface area contributed by atoms with Crippen LogP contribution in [0.2, 0.25) is 0 Å². The number of methoxy groups -OCH3 is 2. The molecule has 3 amide bonds. The lowest BCUT2D eigenvalue weighted by atomic mass is 9.93. The third-order valence-electron chi connectivity index (χ3n) is 5.11. The molecule has 2 aromatic carbocycles. The van der Waals surface area contributed by atoms with Gasteiger partial charge in [0.15, 0.2) is 0 Å². The molecule has 1 heterocycles. The summed E-state index contributed by atoms with van der Waals surface area (Å²) in [5.41, 5.74) is 4.30. The lowest BCUT2D eigenvalue weighted by Gasteiger charge is -2.30. The van der Waals surface area contributed by atoms with Gasteiger partial charge in [-0.3, -0.25) is 4.79 Å². The molecule has 0 spiro atoms. The molecule has 29 heavy (non-hydrogen) atoms. The number of rotatable bonds is 5. The molecule has 152 valence electrons. The fraction of sp³-hybridized carbons (Fsp3) is 0.273. The number of carbonyl (C=O) groups is 2. The maximum atomic E-state index is 13.3. The molecule has 0 aliphatic carbocycles. The number of anilines is 1. The normalized spacial score (nSPS) is 16.0. The van der Waals surface area contributed by atoms with Crippen molar-refractivity contribution in [2.24, 2.45) is 0 Å². The van der Waals surface area contributed by atoms with Crippen LogP contribution < -0.4 is 25.4 Å². The highest BCUT2D eigenvalue weighted by Crippen LogP contribution is 2.36. The molecule has 1 aliphatic heterocycles. The van der Waals surface area contributed by atoms with Gasteiger partial charge in [-0.1, -0.05) is 12.1 Å². The first-order valence-electron chi connectivity index (χ1n) is 9.23. The van der Waals surface area contributed by atoms with Crippen LogP contribution in [0.4, 0.5) is 10.5 Å². The Balaban J connectivity index is 2.05. The number of urea groups is 1. The molecule has 0 saturated carbocycles. The zero-order valence-corrected chi connectivity index (χ0v) is 17.2. The molecule has 1 unspecified atom stereocenters.